The number of hydrogen-bond acceptors (Lipinski definition) is 1. The van der Waals surface area contributed by atoms with Crippen molar-refractivity contribution in [1.29, 1.82) is 0 Å². The Hall–Kier alpha value is -2.12. The second-order valence-electron chi connectivity index (χ2n) is 5.37. The van der Waals surface area contributed by atoms with E-state index in [1.54, 1.807) is 0 Å². The molecule has 0 aliphatic carbocycles. The molecule has 1 nitrogen and oxygen atoms in total. The van der Waals surface area contributed by atoms with Gasteiger partial charge in [-0.25, -0.2) is 0 Å². The Balaban J connectivity index is 2.04. The Labute approximate surface area is 110 Å². The summed E-state index contributed by atoms with van der Waals surface area (Å²) in [5, 5.41) is 8.08. The van der Waals surface area contributed by atoms with Crippen molar-refractivity contribution in [1.82, 2.24) is 0 Å². The fraction of sp³-hybridized carbons (Fsp3) is 0.111. The van der Waals surface area contributed by atoms with E-state index in [0.29, 0.717) is 6.10 Å². The highest BCUT2D eigenvalue weighted by molar-refractivity contribution is 6.23. The van der Waals surface area contributed by atoms with Gasteiger partial charge in [0.1, 0.15) is 6.10 Å². The Morgan fingerprint density at radius 1 is 0.737 bits per heavy atom. The lowest BCUT2D eigenvalue weighted by Crippen LogP contribution is -1.87. The highest BCUT2D eigenvalue weighted by Crippen LogP contribution is 2.38. The Morgan fingerprint density at radius 3 is 1.84 bits per heavy atom. The third-order valence-electron chi connectivity index (χ3n) is 4.19. The van der Waals surface area contributed by atoms with Gasteiger partial charge in [0.15, 0.2) is 0 Å². The topological polar surface area (TPSA) is 12.5 Å². The maximum atomic E-state index is 5.42. The molecule has 0 saturated carbocycles. The predicted molar refractivity (Wildman–Crippen MR) is 78.8 cm³/mol. The highest BCUT2D eigenvalue weighted by Gasteiger charge is 2.25. The average Bonchev–Trinajstić information content (AvgIpc) is 3.29. The second kappa shape index (κ2) is 3.25. The largest absolute Gasteiger partial charge is 0.368 e. The van der Waals surface area contributed by atoms with Crippen LogP contribution >= 0.6 is 0 Å². The van der Waals surface area contributed by atoms with Crippen molar-refractivity contribution in [2.45, 2.75) is 6.10 Å². The van der Waals surface area contributed by atoms with E-state index < -0.39 is 0 Å². The first-order chi connectivity index (χ1) is 9.40. The maximum Gasteiger partial charge on any atom is 0.106 e. The molecule has 19 heavy (non-hydrogen) atoms. The lowest BCUT2D eigenvalue weighted by atomic mass is 9.92. The molecule has 0 bridgehead atoms. The van der Waals surface area contributed by atoms with E-state index in [9.17, 15) is 0 Å². The lowest BCUT2D eigenvalue weighted by molar-refractivity contribution is 0.416. The van der Waals surface area contributed by atoms with Crippen LogP contribution in [0.2, 0.25) is 0 Å². The van der Waals surface area contributed by atoms with Gasteiger partial charge < -0.3 is 4.74 Å². The minimum Gasteiger partial charge on any atom is -0.368 e. The summed E-state index contributed by atoms with van der Waals surface area (Å²) in [6.45, 7) is 0.869. The summed E-state index contributed by atoms with van der Waals surface area (Å²) in [6.07, 6.45) is 0.321. The normalized spacial score (nSPS) is 18.6. The number of rotatable bonds is 1. The molecular formula is C18H12O. The molecule has 5 rings (SSSR count). The quantitative estimate of drug-likeness (QED) is 0.350. The molecule has 0 spiro atoms. The minimum atomic E-state index is 0.321. The van der Waals surface area contributed by atoms with Crippen LogP contribution in [0.5, 0.6) is 0 Å². The molecule has 1 unspecified atom stereocenters. The zero-order valence-corrected chi connectivity index (χ0v) is 10.4. The highest BCUT2D eigenvalue weighted by atomic mass is 16.6. The Bertz CT molecular complexity index is 855. The number of benzene rings is 4. The molecular weight excluding hydrogens is 232 g/mol. The summed E-state index contributed by atoms with van der Waals surface area (Å²) in [5.74, 6) is 0. The van der Waals surface area contributed by atoms with Crippen molar-refractivity contribution in [2.75, 3.05) is 6.61 Å². The summed E-state index contributed by atoms with van der Waals surface area (Å²) in [7, 11) is 0. The Morgan fingerprint density at radius 2 is 1.26 bits per heavy atom. The van der Waals surface area contributed by atoms with Crippen LogP contribution in [-0.2, 0) is 4.74 Å². The standard InChI is InChI=1S/C18H12O/c1-2-11-4-6-13-8-15(16-10-19-16)9-14-7-5-12(3-1)17(11)18(13)14/h1-9,16H,10H2. The fourth-order valence-corrected chi connectivity index (χ4v) is 3.20. The van der Waals surface area contributed by atoms with Crippen LogP contribution in [0.15, 0.2) is 54.6 Å². The predicted octanol–water partition coefficient (Wildman–Crippen LogP) is 4.66. The molecule has 1 saturated heterocycles. The first-order valence-corrected chi connectivity index (χ1v) is 6.69. The molecule has 1 atom stereocenters. The first kappa shape index (κ1) is 9.76. The van der Waals surface area contributed by atoms with Crippen molar-refractivity contribution in [2.24, 2.45) is 0 Å². The third kappa shape index (κ3) is 1.28. The van der Waals surface area contributed by atoms with E-state index in [1.165, 1.54) is 37.9 Å². The smallest absolute Gasteiger partial charge is 0.106 e. The van der Waals surface area contributed by atoms with Crippen LogP contribution in [0.4, 0.5) is 0 Å². The van der Waals surface area contributed by atoms with Gasteiger partial charge in [0.2, 0.25) is 0 Å². The molecule has 1 fully saturated rings. The molecule has 0 aromatic heterocycles. The zero-order valence-electron chi connectivity index (χ0n) is 10.4. The molecule has 1 aliphatic heterocycles. The van der Waals surface area contributed by atoms with Gasteiger partial charge in [-0.2, -0.15) is 0 Å². The minimum absolute atomic E-state index is 0.321. The van der Waals surface area contributed by atoms with Crippen LogP contribution in [-0.4, -0.2) is 6.61 Å². The van der Waals surface area contributed by atoms with E-state index in [1.807, 2.05) is 0 Å². The molecule has 1 aliphatic rings. The van der Waals surface area contributed by atoms with Gasteiger partial charge in [-0.1, -0.05) is 42.5 Å². The summed E-state index contributed by atoms with van der Waals surface area (Å²) >= 11 is 0. The van der Waals surface area contributed by atoms with E-state index >= 15 is 0 Å². The summed E-state index contributed by atoms with van der Waals surface area (Å²) < 4.78 is 5.42. The Kier molecular flexibility index (Phi) is 1.67. The third-order valence-corrected chi connectivity index (χ3v) is 4.19. The van der Waals surface area contributed by atoms with E-state index in [4.69, 9.17) is 4.74 Å². The van der Waals surface area contributed by atoms with E-state index in [2.05, 4.69) is 54.6 Å². The van der Waals surface area contributed by atoms with Gasteiger partial charge in [0.25, 0.3) is 0 Å². The number of ether oxygens (including phenoxy) is 1. The van der Waals surface area contributed by atoms with E-state index in [0.717, 1.165) is 6.61 Å². The lowest BCUT2D eigenvalue weighted by Gasteiger charge is -2.11. The monoisotopic (exact) mass is 244 g/mol. The van der Waals surface area contributed by atoms with Gasteiger partial charge in [0.05, 0.1) is 6.61 Å². The van der Waals surface area contributed by atoms with Gasteiger partial charge in [-0.15, -0.1) is 0 Å². The SMILES string of the molecule is c1cc2ccc3cc(C4CO4)cc4ccc(c1)c2c34. The molecule has 1 heteroatoms. The van der Waals surface area contributed by atoms with Crippen LogP contribution in [0, 0.1) is 0 Å². The second-order valence-corrected chi connectivity index (χ2v) is 5.37. The van der Waals surface area contributed by atoms with Crippen LogP contribution in [0.1, 0.15) is 11.7 Å². The molecule has 0 amide bonds. The van der Waals surface area contributed by atoms with Crippen molar-refractivity contribution < 1.29 is 4.74 Å². The van der Waals surface area contributed by atoms with Gasteiger partial charge >= 0.3 is 0 Å². The van der Waals surface area contributed by atoms with Crippen LogP contribution < -0.4 is 0 Å². The molecule has 0 N–H and O–H groups in total. The van der Waals surface area contributed by atoms with Crippen molar-refractivity contribution in [3.05, 3.63) is 60.2 Å². The van der Waals surface area contributed by atoms with Gasteiger partial charge in [-0.3, -0.25) is 0 Å². The van der Waals surface area contributed by atoms with Crippen molar-refractivity contribution in [3.8, 4) is 0 Å². The fourth-order valence-electron chi connectivity index (χ4n) is 3.20. The molecule has 0 radical (unpaired) electrons. The number of epoxide rings is 1. The summed E-state index contributed by atoms with van der Waals surface area (Å²) in [5.41, 5.74) is 1.31. The summed E-state index contributed by atoms with van der Waals surface area (Å²) in [4.78, 5) is 0. The summed E-state index contributed by atoms with van der Waals surface area (Å²) in [6, 6.07) is 20.0. The maximum absolute atomic E-state index is 5.42. The van der Waals surface area contributed by atoms with Gasteiger partial charge in [0, 0.05) is 0 Å². The molecule has 1 heterocycles. The van der Waals surface area contributed by atoms with E-state index in [-0.39, 0.29) is 0 Å². The van der Waals surface area contributed by atoms with Crippen LogP contribution in [0.3, 0.4) is 0 Å². The number of hydrogen-bond donors (Lipinski definition) is 0. The van der Waals surface area contributed by atoms with Crippen molar-refractivity contribution >= 4 is 32.3 Å². The average molecular weight is 244 g/mol. The van der Waals surface area contributed by atoms with Crippen LogP contribution in [0.25, 0.3) is 32.3 Å². The van der Waals surface area contributed by atoms with Gasteiger partial charge in [-0.05, 0) is 50.0 Å². The first-order valence-electron chi connectivity index (χ1n) is 6.69. The molecule has 4 aromatic rings. The molecule has 4 aromatic carbocycles. The molecule has 90 valence electrons. The zero-order chi connectivity index (χ0) is 12.4. The van der Waals surface area contributed by atoms with Crippen molar-refractivity contribution in [3.63, 3.8) is 0 Å².